The Morgan fingerprint density at radius 1 is 1.16 bits per heavy atom. The average Bonchev–Trinajstić information content (AvgIpc) is 2.96. The van der Waals surface area contributed by atoms with E-state index >= 15 is 0 Å². The maximum absolute atomic E-state index is 6.31. The number of nitrogens with zero attached hydrogens (tertiary/aromatic N) is 1. The Morgan fingerprint density at radius 2 is 2.05 bits per heavy atom. The molecule has 2 saturated heterocycles. The third-order valence-electron chi connectivity index (χ3n) is 4.56. The zero-order chi connectivity index (χ0) is 13.1. The number of rotatable bonds is 3. The first-order chi connectivity index (χ1) is 9.34. The minimum Gasteiger partial charge on any atom is -0.312 e. The van der Waals surface area contributed by atoms with E-state index in [1.165, 1.54) is 50.8 Å². The van der Waals surface area contributed by atoms with Gasteiger partial charge in [-0.15, -0.1) is 0 Å². The summed E-state index contributed by atoms with van der Waals surface area (Å²) in [4.78, 5) is 2.65. The second-order valence-corrected chi connectivity index (χ2v) is 6.24. The van der Waals surface area contributed by atoms with Crippen LogP contribution in [0.4, 0.5) is 0 Å². The molecular formula is C16H23ClN2. The van der Waals surface area contributed by atoms with Crippen molar-refractivity contribution in [2.45, 2.75) is 50.7 Å². The Morgan fingerprint density at radius 3 is 2.84 bits per heavy atom. The van der Waals surface area contributed by atoms with Gasteiger partial charge in [-0.05, 0) is 50.4 Å². The summed E-state index contributed by atoms with van der Waals surface area (Å²) in [6.45, 7) is 3.41. The van der Waals surface area contributed by atoms with Crippen LogP contribution in [-0.4, -0.2) is 30.1 Å². The van der Waals surface area contributed by atoms with E-state index in [1.54, 1.807) is 0 Å². The third kappa shape index (κ3) is 3.13. The fourth-order valence-electron chi connectivity index (χ4n) is 3.55. The summed E-state index contributed by atoms with van der Waals surface area (Å²) in [7, 11) is 0. The molecule has 0 aromatic heterocycles. The van der Waals surface area contributed by atoms with E-state index in [-0.39, 0.29) is 0 Å². The van der Waals surface area contributed by atoms with Crippen molar-refractivity contribution in [2.24, 2.45) is 0 Å². The first kappa shape index (κ1) is 13.4. The van der Waals surface area contributed by atoms with Crippen LogP contribution in [0, 0.1) is 0 Å². The fourth-order valence-corrected chi connectivity index (χ4v) is 3.75. The standard InChI is InChI=1S/C16H23ClN2/c17-14-7-2-1-6-13(14)12-19-11-4-3-9-16(19)15-8-5-10-18-15/h1-2,6-7,15-16,18H,3-5,8-12H2. The Hall–Kier alpha value is -0.570. The Labute approximate surface area is 121 Å². The summed E-state index contributed by atoms with van der Waals surface area (Å²) in [6.07, 6.45) is 6.71. The largest absolute Gasteiger partial charge is 0.312 e. The minimum absolute atomic E-state index is 0.697. The van der Waals surface area contributed by atoms with Gasteiger partial charge in [0.15, 0.2) is 0 Å². The van der Waals surface area contributed by atoms with E-state index in [1.807, 2.05) is 12.1 Å². The molecule has 0 radical (unpaired) electrons. The maximum Gasteiger partial charge on any atom is 0.0451 e. The topological polar surface area (TPSA) is 15.3 Å². The van der Waals surface area contributed by atoms with Crippen LogP contribution in [0.2, 0.25) is 5.02 Å². The molecule has 1 N–H and O–H groups in total. The van der Waals surface area contributed by atoms with Crippen LogP contribution in [0.5, 0.6) is 0 Å². The number of benzene rings is 1. The summed E-state index contributed by atoms with van der Waals surface area (Å²) < 4.78 is 0. The highest BCUT2D eigenvalue weighted by Crippen LogP contribution is 2.27. The number of halogens is 1. The molecule has 0 spiro atoms. The molecule has 3 rings (SSSR count). The Balaban J connectivity index is 1.71. The predicted octanol–water partition coefficient (Wildman–Crippen LogP) is 3.45. The van der Waals surface area contributed by atoms with Crippen LogP contribution in [0.15, 0.2) is 24.3 Å². The Kier molecular flexibility index (Phi) is 4.42. The first-order valence-electron chi connectivity index (χ1n) is 7.55. The monoisotopic (exact) mass is 278 g/mol. The summed E-state index contributed by atoms with van der Waals surface area (Å²) in [5.74, 6) is 0. The molecular weight excluding hydrogens is 256 g/mol. The van der Waals surface area contributed by atoms with Gasteiger partial charge >= 0.3 is 0 Å². The van der Waals surface area contributed by atoms with Gasteiger partial charge in [-0.2, -0.15) is 0 Å². The molecule has 0 saturated carbocycles. The molecule has 0 bridgehead atoms. The van der Waals surface area contributed by atoms with Crippen LogP contribution in [0.3, 0.4) is 0 Å². The number of hydrogen-bond acceptors (Lipinski definition) is 2. The molecule has 2 nitrogen and oxygen atoms in total. The second-order valence-electron chi connectivity index (χ2n) is 5.83. The molecule has 1 aromatic carbocycles. The molecule has 0 aliphatic carbocycles. The van der Waals surface area contributed by atoms with Crippen molar-refractivity contribution in [3.63, 3.8) is 0 Å². The molecule has 3 heteroatoms. The van der Waals surface area contributed by atoms with Crippen molar-refractivity contribution in [2.75, 3.05) is 13.1 Å². The number of nitrogens with one attached hydrogen (secondary N) is 1. The normalized spacial score (nSPS) is 28.7. The van der Waals surface area contributed by atoms with Crippen LogP contribution in [-0.2, 0) is 6.54 Å². The molecule has 2 aliphatic heterocycles. The number of likely N-dealkylation sites (tertiary alicyclic amines) is 1. The zero-order valence-corrected chi connectivity index (χ0v) is 12.2. The van der Waals surface area contributed by atoms with Gasteiger partial charge < -0.3 is 5.32 Å². The molecule has 2 aliphatic rings. The summed E-state index contributed by atoms with van der Waals surface area (Å²) in [5, 5.41) is 4.59. The lowest BCUT2D eigenvalue weighted by atomic mass is 9.94. The minimum atomic E-state index is 0.697. The highest BCUT2D eigenvalue weighted by molar-refractivity contribution is 6.31. The van der Waals surface area contributed by atoms with E-state index in [2.05, 4.69) is 22.3 Å². The molecule has 2 heterocycles. The quantitative estimate of drug-likeness (QED) is 0.911. The van der Waals surface area contributed by atoms with E-state index < -0.39 is 0 Å². The summed E-state index contributed by atoms with van der Waals surface area (Å²) in [6, 6.07) is 9.67. The Bertz CT molecular complexity index is 415. The van der Waals surface area contributed by atoms with Gasteiger partial charge in [0.2, 0.25) is 0 Å². The molecule has 0 amide bonds. The summed E-state index contributed by atoms with van der Waals surface area (Å²) >= 11 is 6.31. The van der Waals surface area contributed by atoms with Crippen molar-refractivity contribution < 1.29 is 0 Å². The smallest absolute Gasteiger partial charge is 0.0451 e. The highest BCUT2D eigenvalue weighted by Gasteiger charge is 2.31. The van der Waals surface area contributed by atoms with Gasteiger partial charge in [0, 0.05) is 23.7 Å². The van der Waals surface area contributed by atoms with Gasteiger partial charge in [-0.25, -0.2) is 0 Å². The second kappa shape index (κ2) is 6.25. The van der Waals surface area contributed by atoms with E-state index in [4.69, 9.17) is 11.6 Å². The van der Waals surface area contributed by atoms with Crippen molar-refractivity contribution in [1.82, 2.24) is 10.2 Å². The summed E-state index contributed by atoms with van der Waals surface area (Å²) in [5.41, 5.74) is 1.27. The van der Waals surface area contributed by atoms with Gasteiger partial charge in [0.05, 0.1) is 0 Å². The molecule has 1 aromatic rings. The fraction of sp³-hybridized carbons (Fsp3) is 0.625. The van der Waals surface area contributed by atoms with Crippen molar-refractivity contribution >= 4 is 11.6 Å². The lowest BCUT2D eigenvalue weighted by Crippen LogP contribution is -2.49. The van der Waals surface area contributed by atoms with Gasteiger partial charge in [0.25, 0.3) is 0 Å². The number of hydrogen-bond donors (Lipinski definition) is 1. The van der Waals surface area contributed by atoms with E-state index in [0.717, 1.165) is 11.6 Å². The van der Waals surface area contributed by atoms with Crippen LogP contribution in [0.25, 0.3) is 0 Å². The van der Waals surface area contributed by atoms with Crippen LogP contribution < -0.4 is 5.32 Å². The lowest BCUT2D eigenvalue weighted by molar-refractivity contribution is 0.112. The molecule has 19 heavy (non-hydrogen) atoms. The van der Waals surface area contributed by atoms with Gasteiger partial charge in [-0.1, -0.05) is 36.2 Å². The third-order valence-corrected chi connectivity index (χ3v) is 4.93. The molecule has 104 valence electrons. The first-order valence-corrected chi connectivity index (χ1v) is 7.93. The predicted molar refractivity (Wildman–Crippen MR) is 80.5 cm³/mol. The molecule has 2 fully saturated rings. The average molecular weight is 279 g/mol. The van der Waals surface area contributed by atoms with Gasteiger partial charge in [0.1, 0.15) is 0 Å². The number of piperidine rings is 1. The SMILES string of the molecule is Clc1ccccc1CN1CCCCC1C1CCCN1. The maximum atomic E-state index is 6.31. The zero-order valence-electron chi connectivity index (χ0n) is 11.4. The molecule has 2 atom stereocenters. The van der Waals surface area contributed by atoms with E-state index in [0.29, 0.717) is 12.1 Å². The highest BCUT2D eigenvalue weighted by atomic mass is 35.5. The van der Waals surface area contributed by atoms with Crippen LogP contribution in [0.1, 0.15) is 37.7 Å². The van der Waals surface area contributed by atoms with Crippen molar-refractivity contribution in [3.8, 4) is 0 Å². The van der Waals surface area contributed by atoms with Crippen molar-refractivity contribution in [1.29, 1.82) is 0 Å². The molecule has 2 unspecified atom stereocenters. The van der Waals surface area contributed by atoms with Gasteiger partial charge in [-0.3, -0.25) is 4.90 Å². The van der Waals surface area contributed by atoms with Crippen molar-refractivity contribution in [3.05, 3.63) is 34.9 Å². The lowest BCUT2D eigenvalue weighted by Gasteiger charge is -2.39. The van der Waals surface area contributed by atoms with E-state index in [9.17, 15) is 0 Å². The van der Waals surface area contributed by atoms with Crippen LogP contribution >= 0.6 is 11.6 Å².